The van der Waals surface area contributed by atoms with Crippen LogP contribution in [0, 0.1) is 11.8 Å². The minimum Gasteiger partial charge on any atom is -0.495 e. The second-order valence-corrected chi connectivity index (χ2v) is 5.01. The Bertz CT molecular complexity index is 485. The molecule has 20 heavy (non-hydrogen) atoms. The zero-order valence-corrected chi connectivity index (χ0v) is 12.3. The minimum absolute atomic E-state index is 0.118. The van der Waals surface area contributed by atoms with Crippen molar-refractivity contribution in [1.82, 2.24) is 0 Å². The molecule has 1 amide bonds. The van der Waals surface area contributed by atoms with E-state index in [0.29, 0.717) is 11.4 Å². The molecule has 1 aromatic carbocycles. The molecule has 0 aliphatic heterocycles. The van der Waals surface area contributed by atoms with Gasteiger partial charge in [-0.1, -0.05) is 32.9 Å². The molecular formula is C15H21NO4. The summed E-state index contributed by atoms with van der Waals surface area (Å²) in [6.45, 7) is 5.28. The van der Waals surface area contributed by atoms with Gasteiger partial charge in [-0.2, -0.15) is 0 Å². The number of carboxylic acids is 1. The predicted octanol–water partition coefficient (Wildman–Crippen LogP) is 2.40. The number of carbonyl (C=O) groups excluding carboxylic acids is 1. The van der Waals surface area contributed by atoms with Crippen molar-refractivity contribution in [2.75, 3.05) is 18.6 Å². The van der Waals surface area contributed by atoms with Crippen LogP contribution in [0.2, 0.25) is 0 Å². The summed E-state index contributed by atoms with van der Waals surface area (Å²) in [6.07, 6.45) is 0. The molecule has 0 heterocycles. The van der Waals surface area contributed by atoms with Gasteiger partial charge in [-0.25, -0.2) is 0 Å². The van der Waals surface area contributed by atoms with Crippen LogP contribution in [0.4, 0.5) is 5.69 Å². The molecule has 0 radical (unpaired) electrons. The number of aliphatic carboxylic acids is 1. The van der Waals surface area contributed by atoms with Crippen LogP contribution in [-0.4, -0.2) is 30.6 Å². The number of amides is 1. The van der Waals surface area contributed by atoms with Gasteiger partial charge < -0.3 is 14.7 Å². The van der Waals surface area contributed by atoms with Crippen LogP contribution in [0.1, 0.15) is 20.8 Å². The van der Waals surface area contributed by atoms with Gasteiger partial charge >= 0.3 is 5.97 Å². The van der Waals surface area contributed by atoms with Gasteiger partial charge in [0.1, 0.15) is 5.75 Å². The van der Waals surface area contributed by atoms with Crippen molar-refractivity contribution in [3.05, 3.63) is 24.3 Å². The number of hydrogen-bond acceptors (Lipinski definition) is 3. The summed E-state index contributed by atoms with van der Waals surface area (Å²) in [7, 11) is 1.53. The van der Waals surface area contributed by atoms with E-state index in [9.17, 15) is 9.59 Å². The molecule has 1 unspecified atom stereocenters. The average molecular weight is 279 g/mol. The molecule has 0 aliphatic rings. The summed E-state index contributed by atoms with van der Waals surface area (Å²) in [4.78, 5) is 24.9. The van der Waals surface area contributed by atoms with Crippen molar-refractivity contribution in [2.24, 2.45) is 11.8 Å². The quantitative estimate of drug-likeness (QED) is 0.868. The van der Waals surface area contributed by atoms with Crippen LogP contribution in [0.15, 0.2) is 24.3 Å². The lowest BCUT2D eigenvalue weighted by molar-refractivity contribution is -0.140. The molecule has 0 aliphatic carbocycles. The van der Waals surface area contributed by atoms with Gasteiger partial charge in [-0.15, -0.1) is 0 Å². The van der Waals surface area contributed by atoms with E-state index in [4.69, 9.17) is 9.84 Å². The average Bonchev–Trinajstić information content (AvgIpc) is 2.43. The Morgan fingerprint density at radius 1 is 1.25 bits per heavy atom. The largest absolute Gasteiger partial charge is 0.495 e. The van der Waals surface area contributed by atoms with E-state index in [1.165, 1.54) is 12.0 Å². The number of benzene rings is 1. The lowest BCUT2D eigenvalue weighted by Crippen LogP contribution is -2.39. The van der Waals surface area contributed by atoms with Gasteiger partial charge in [0.05, 0.1) is 18.7 Å². The van der Waals surface area contributed by atoms with E-state index in [2.05, 4.69) is 0 Å². The summed E-state index contributed by atoms with van der Waals surface area (Å²) in [6, 6.07) is 7.11. The molecule has 5 nitrogen and oxygen atoms in total. The Morgan fingerprint density at radius 2 is 1.85 bits per heavy atom. The lowest BCUT2D eigenvalue weighted by Gasteiger charge is -2.27. The third-order valence-electron chi connectivity index (χ3n) is 3.01. The van der Waals surface area contributed by atoms with Crippen LogP contribution in [-0.2, 0) is 9.59 Å². The van der Waals surface area contributed by atoms with Gasteiger partial charge in [0.2, 0.25) is 5.91 Å². The Labute approximate surface area is 119 Å². The number of nitrogens with zero attached hydrogens (tertiary/aromatic N) is 1. The van der Waals surface area contributed by atoms with Crippen molar-refractivity contribution in [3.63, 3.8) is 0 Å². The highest BCUT2D eigenvalue weighted by Gasteiger charge is 2.25. The van der Waals surface area contributed by atoms with E-state index in [-0.39, 0.29) is 18.4 Å². The number of para-hydroxylation sites is 2. The van der Waals surface area contributed by atoms with Crippen LogP contribution in [0.5, 0.6) is 5.75 Å². The maximum absolute atomic E-state index is 12.3. The maximum Gasteiger partial charge on any atom is 0.308 e. The lowest BCUT2D eigenvalue weighted by atomic mass is 10.1. The highest BCUT2D eigenvalue weighted by atomic mass is 16.5. The number of methoxy groups -OCH3 is 1. The molecule has 0 saturated carbocycles. The van der Waals surface area contributed by atoms with E-state index >= 15 is 0 Å². The Kier molecular flexibility index (Phi) is 5.55. The fourth-order valence-corrected chi connectivity index (χ4v) is 1.82. The molecule has 1 rings (SSSR count). The van der Waals surface area contributed by atoms with Gasteiger partial charge in [0.15, 0.2) is 0 Å². The first kappa shape index (κ1) is 16.0. The Hall–Kier alpha value is -2.04. The number of hydrogen-bond donors (Lipinski definition) is 1. The number of ether oxygens (including phenoxy) is 1. The van der Waals surface area contributed by atoms with Crippen LogP contribution in [0.3, 0.4) is 0 Å². The summed E-state index contributed by atoms with van der Waals surface area (Å²) < 4.78 is 5.26. The zero-order valence-electron chi connectivity index (χ0n) is 12.3. The number of rotatable bonds is 6. The van der Waals surface area contributed by atoms with Gasteiger partial charge in [0, 0.05) is 12.5 Å². The molecule has 0 spiro atoms. The van der Waals surface area contributed by atoms with Crippen LogP contribution in [0.25, 0.3) is 0 Å². The van der Waals surface area contributed by atoms with Crippen LogP contribution < -0.4 is 9.64 Å². The highest BCUT2D eigenvalue weighted by Crippen LogP contribution is 2.29. The van der Waals surface area contributed by atoms with E-state index in [1.54, 1.807) is 45.0 Å². The second kappa shape index (κ2) is 6.93. The van der Waals surface area contributed by atoms with Crippen molar-refractivity contribution in [2.45, 2.75) is 20.8 Å². The fraction of sp³-hybridized carbons (Fsp3) is 0.467. The number of anilines is 1. The van der Waals surface area contributed by atoms with E-state index in [0.717, 1.165) is 0 Å². The fourth-order valence-electron chi connectivity index (χ4n) is 1.82. The molecule has 1 N–H and O–H groups in total. The molecular weight excluding hydrogens is 258 g/mol. The summed E-state index contributed by atoms with van der Waals surface area (Å²) in [5, 5.41) is 9.06. The standard InChI is InChI=1S/C15H21NO4/c1-10(2)14(17)16(9-11(3)15(18)19)12-7-5-6-8-13(12)20-4/h5-8,10-11H,9H2,1-4H3,(H,18,19). The second-order valence-electron chi connectivity index (χ2n) is 5.01. The molecule has 0 aromatic heterocycles. The topological polar surface area (TPSA) is 66.8 Å². The maximum atomic E-state index is 12.3. The third kappa shape index (κ3) is 3.73. The van der Waals surface area contributed by atoms with E-state index < -0.39 is 11.9 Å². The molecule has 1 atom stereocenters. The molecule has 5 heteroatoms. The summed E-state index contributed by atoms with van der Waals surface area (Å²) >= 11 is 0. The molecule has 1 aromatic rings. The smallest absolute Gasteiger partial charge is 0.308 e. The summed E-state index contributed by atoms with van der Waals surface area (Å²) in [5.41, 5.74) is 0.599. The Balaban J connectivity index is 3.16. The number of carboxylic acid groups (broad SMARTS) is 1. The van der Waals surface area contributed by atoms with Crippen molar-refractivity contribution >= 4 is 17.6 Å². The van der Waals surface area contributed by atoms with Crippen molar-refractivity contribution in [1.29, 1.82) is 0 Å². The van der Waals surface area contributed by atoms with Crippen molar-refractivity contribution < 1.29 is 19.4 Å². The number of carbonyl (C=O) groups is 2. The first-order valence-electron chi connectivity index (χ1n) is 6.55. The Morgan fingerprint density at radius 3 is 2.35 bits per heavy atom. The highest BCUT2D eigenvalue weighted by molar-refractivity contribution is 5.96. The zero-order chi connectivity index (χ0) is 15.3. The normalized spacial score (nSPS) is 12.1. The molecule has 0 fully saturated rings. The summed E-state index contributed by atoms with van der Waals surface area (Å²) in [5.74, 6) is -1.37. The SMILES string of the molecule is COc1ccccc1N(CC(C)C(=O)O)C(=O)C(C)C. The first-order valence-corrected chi connectivity index (χ1v) is 6.55. The van der Waals surface area contributed by atoms with E-state index in [1.807, 2.05) is 0 Å². The van der Waals surface area contributed by atoms with Crippen molar-refractivity contribution in [3.8, 4) is 5.75 Å². The minimum atomic E-state index is -0.929. The molecule has 0 saturated heterocycles. The predicted molar refractivity (Wildman–Crippen MR) is 77.0 cm³/mol. The van der Waals surface area contributed by atoms with Gasteiger partial charge in [0.25, 0.3) is 0 Å². The van der Waals surface area contributed by atoms with Gasteiger partial charge in [-0.3, -0.25) is 9.59 Å². The third-order valence-corrected chi connectivity index (χ3v) is 3.01. The monoisotopic (exact) mass is 279 g/mol. The molecule has 110 valence electrons. The molecule has 0 bridgehead atoms. The van der Waals surface area contributed by atoms with Crippen LogP contribution >= 0.6 is 0 Å². The first-order chi connectivity index (χ1) is 9.38. The van der Waals surface area contributed by atoms with Gasteiger partial charge in [-0.05, 0) is 12.1 Å².